The van der Waals surface area contributed by atoms with E-state index in [9.17, 15) is 4.79 Å². The zero-order valence-corrected chi connectivity index (χ0v) is 10.5. The number of nitrogens with zero attached hydrogens (tertiary/aromatic N) is 3. The molecule has 1 amide bonds. The summed E-state index contributed by atoms with van der Waals surface area (Å²) in [6.45, 7) is 1.08. The van der Waals surface area contributed by atoms with Crippen LogP contribution in [0.2, 0.25) is 5.15 Å². The van der Waals surface area contributed by atoms with Gasteiger partial charge in [0.05, 0.1) is 6.54 Å². The van der Waals surface area contributed by atoms with Crippen molar-refractivity contribution in [2.24, 2.45) is 0 Å². The minimum atomic E-state index is 0.0858. The fourth-order valence-corrected chi connectivity index (χ4v) is 1.48. The van der Waals surface area contributed by atoms with Crippen molar-refractivity contribution in [3.05, 3.63) is 29.0 Å². The Labute approximate surface area is 101 Å². The molecule has 16 heavy (non-hydrogen) atoms. The molecule has 1 rings (SSSR count). The van der Waals surface area contributed by atoms with E-state index in [1.165, 1.54) is 0 Å². The molecule has 0 aliphatic rings. The molecular weight excluding hydrogens is 226 g/mol. The molecule has 0 N–H and O–H groups in total. The Hall–Kier alpha value is -1.13. The Balaban J connectivity index is 2.51. The van der Waals surface area contributed by atoms with Gasteiger partial charge in [-0.25, -0.2) is 4.98 Å². The average Bonchev–Trinajstić information content (AvgIpc) is 2.16. The highest BCUT2D eigenvalue weighted by molar-refractivity contribution is 6.29. The number of pyridine rings is 1. The van der Waals surface area contributed by atoms with Crippen LogP contribution in [0.3, 0.4) is 0 Å². The summed E-state index contributed by atoms with van der Waals surface area (Å²) >= 11 is 5.78. The maximum atomic E-state index is 11.5. The first-order valence-corrected chi connectivity index (χ1v) is 5.36. The van der Waals surface area contributed by atoms with Crippen molar-refractivity contribution in [3.63, 3.8) is 0 Å². The van der Waals surface area contributed by atoms with Gasteiger partial charge in [-0.1, -0.05) is 11.6 Å². The van der Waals surface area contributed by atoms with E-state index in [1.54, 1.807) is 31.3 Å². The van der Waals surface area contributed by atoms with E-state index < -0.39 is 0 Å². The number of aromatic nitrogens is 1. The van der Waals surface area contributed by atoms with E-state index in [4.69, 9.17) is 11.6 Å². The largest absolute Gasteiger partial charge is 0.348 e. The molecule has 0 saturated heterocycles. The number of hydrogen-bond acceptors (Lipinski definition) is 3. The molecule has 1 aromatic heterocycles. The minimum Gasteiger partial charge on any atom is -0.348 e. The van der Waals surface area contributed by atoms with E-state index in [2.05, 4.69) is 4.98 Å². The van der Waals surface area contributed by atoms with Crippen LogP contribution in [-0.2, 0) is 11.3 Å². The van der Waals surface area contributed by atoms with Gasteiger partial charge in [0, 0.05) is 26.8 Å². The van der Waals surface area contributed by atoms with Crippen molar-refractivity contribution in [2.45, 2.75) is 6.54 Å². The van der Waals surface area contributed by atoms with Crippen LogP contribution in [0.25, 0.3) is 0 Å². The predicted octanol–water partition coefficient (Wildman–Crippen LogP) is 1.25. The molecule has 0 atom stereocenters. The third-order valence-corrected chi connectivity index (χ3v) is 2.35. The maximum Gasteiger partial charge on any atom is 0.236 e. The van der Waals surface area contributed by atoms with Crippen LogP contribution in [0.1, 0.15) is 5.56 Å². The number of amides is 1. The van der Waals surface area contributed by atoms with Crippen molar-refractivity contribution in [3.8, 4) is 0 Å². The molecule has 0 radical (unpaired) electrons. The van der Waals surface area contributed by atoms with E-state index >= 15 is 0 Å². The Morgan fingerprint density at radius 2 is 2.12 bits per heavy atom. The molecular formula is C11H16ClN3O. The standard InChI is InChI=1S/C11H16ClN3O/c1-14(2)11(16)8-15(3)7-9-4-5-13-10(12)6-9/h4-6H,7-8H2,1-3H3. The highest BCUT2D eigenvalue weighted by atomic mass is 35.5. The van der Waals surface area contributed by atoms with Crippen LogP contribution in [-0.4, -0.2) is 48.4 Å². The summed E-state index contributed by atoms with van der Waals surface area (Å²) in [6.07, 6.45) is 1.67. The molecule has 0 aliphatic carbocycles. The normalized spacial score (nSPS) is 10.6. The van der Waals surface area contributed by atoms with Crippen LogP contribution in [0.15, 0.2) is 18.3 Å². The number of carbonyl (C=O) groups is 1. The Bertz CT molecular complexity index is 368. The summed E-state index contributed by atoms with van der Waals surface area (Å²) in [5, 5.41) is 0.477. The van der Waals surface area contributed by atoms with Gasteiger partial charge in [-0.3, -0.25) is 9.69 Å². The first kappa shape index (κ1) is 12.9. The molecule has 0 aromatic carbocycles. The summed E-state index contributed by atoms with van der Waals surface area (Å²) in [5.41, 5.74) is 1.05. The van der Waals surface area contributed by atoms with Crippen molar-refractivity contribution in [1.29, 1.82) is 0 Å². The first-order valence-electron chi connectivity index (χ1n) is 4.98. The fraction of sp³-hybridized carbons (Fsp3) is 0.455. The molecule has 88 valence electrons. The zero-order valence-electron chi connectivity index (χ0n) is 9.77. The lowest BCUT2D eigenvalue weighted by Crippen LogP contribution is -2.34. The van der Waals surface area contributed by atoms with Crippen LogP contribution < -0.4 is 0 Å². The molecule has 0 bridgehead atoms. The molecule has 0 unspecified atom stereocenters. The monoisotopic (exact) mass is 241 g/mol. The number of likely N-dealkylation sites (N-methyl/N-ethyl adjacent to an activating group) is 2. The Kier molecular flexibility index (Phi) is 4.71. The van der Waals surface area contributed by atoms with E-state index in [0.717, 1.165) is 5.56 Å². The van der Waals surface area contributed by atoms with Gasteiger partial charge in [0.2, 0.25) is 5.91 Å². The van der Waals surface area contributed by atoms with Crippen molar-refractivity contribution >= 4 is 17.5 Å². The number of halogens is 1. The highest BCUT2D eigenvalue weighted by Crippen LogP contribution is 2.08. The van der Waals surface area contributed by atoms with Gasteiger partial charge in [0.1, 0.15) is 5.15 Å². The second kappa shape index (κ2) is 5.82. The molecule has 0 aliphatic heterocycles. The van der Waals surface area contributed by atoms with Gasteiger partial charge in [0.25, 0.3) is 0 Å². The second-order valence-corrected chi connectivity index (χ2v) is 4.33. The third-order valence-electron chi connectivity index (χ3n) is 2.15. The second-order valence-electron chi connectivity index (χ2n) is 3.95. The highest BCUT2D eigenvalue weighted by Gasteiger charge is 2.08. The Morgan fingerprint density at radius 1 is 1.44 bits per heavy atom. The van der Waals surface area contributed by atoms with Gasteiger partial charge in [-0.2, -0.15) is 0 Å². The van der Waals surface area contributed by atoms with Crippen molar-refractivity contribution in [1.82, 2.24) is 14.8 Å². The number of hydrogen-bond donors (Lipinski definition) is 0. The lowest BCUT2D eigenvalue weighted by atomic mass is 10.2. The van der Waals surface area contributed by atoms with Gasteiger partial charge >= 0.3 is 0 Å². The van der Waals surface area contributed by atoms with Crippen LogP contribution in [0, 0.1) is 0 Å². The van der Waals surface area contributed by atoms with E-state index in [0.29, 0.717) is 18.2 Å². The van der Waals surface area contributed by atoms with Crippen molar-refractivity contribution < 1.29 is 4.79 Å². The SMILES string of the molecule is CN(CC(=O)N(C)C)Cc1ccnc(Cl)c1. The number of carbonyl (C=O) groups excluding carboxylic acids is 1. The van der Waals surface area contributed by atoms with Crippen LogP contribution in [0.5, 0.6) is 0 Å². The lowest BCUT2D eigenvalue weighted by Gasteiger charge is -2.18. The van der Waals surface area contributed by atoms with Gasteiger partial charge in [-0.05, 0) is 24.7 Å². The molecule has 5 heteroatoms. The first-order chi connectivity index (χ1) is 7.49. The fourth-order valence-electron chi connectivity index (χ4n) is 1.28. The van der Waals surface area contributed by atoms with Gasteiger partial charge in [-0.15, -0.1) is 0 Å². The molecule has 1 aromatic rings. The maximum absolute atomic E-state index is 11.5. The summed E-state index contributed by atoms with van der Waals surface area (Å²) in [6, 6.07) is 3.70. The smallest absolute Gasteiger partial charge is 0.236 e. The van der Waals surface area contributed by atoms with E-state index in [1.807, 2.05) is 18.0 Å². The summed E-state index contributed by atoms with van der Waals surface area (Å²) < 4.78 is 0. The Morgan fingerprint density at radius 3 is 2.69 bits per heavy atom. The molecule has 4 nitrogen and oxygen atoms in total. The summed E-state index contributed by atoms with van der Waals surface area (Å²) in [7, 11) is 5.40. The van der Waals surface area contributed by atoms with E-state index in [-0.39, 0.29) is 5.91 Å². The zero-order chi connectivity index (χ0) is 12.1. The van der Waals surface area contributed by atoms with Gasteiger partial charge in [0.15, 0.2) is 0 Å². The quantitative estimate of drug-likeness (QED) is 0.745. The predicted molar refractivity (Wildman–Crippen MR) is 64.3 cm³/mol. The van der Waals surface area contributed by atoms with Crippen molar-refractivity contribution in [2.75, 3.05) is 27.7 Å². The molecule has 0 fully saturated rings. The minimum absolute atomic E-state index is 0.0858. The third kappa shape index (κ3) is 4.16. The summed E-state index contributed by atoms with van der Waals surface area (Å²) in [4.78, 5) is 18.9. The number of rotatable bonds is 4. The average molecular weight is 242 g/mol. The molecule has 0 spiro atoms. The van der Waals surface area contributed by atoms with Crippen LogP contribution in [0.4, 0.5) is 0 Å². The lowest BCUT2D eigenvalue weighted by molar-refractivity contribution is -0.129. The van der Waals surface area contributed by atoms with Gasteiger partial charge < -0.3 is 4.90 Å². The summed E-state index contributed by atoms with van der Waals surface area (Å²) in [5.74, 6) is 0.0858. The van der Waals surface area contributed by atoms with Crippen LogP contribution >= 0.6 is 11.6 Å². The topological polar surface area (TPSA) is 36.4 Å². The molecule has 0 saturated carbocycles. The molecule has 1 heterocycles.